The summed E-state index contributed by atoms with van der Waals surface area (Å²) in [5.74, 6) is 0.411. The van der Waals surface area contributed by atoms with Crippen LogP contribution >= 0.6 is 0 Å². The molecule has 2 atom stereocenters. The zero-order chi connectivity index (χ0) is 13.0. The highest BCUT2D eigenvalue weighted by Crippen LogP contribution is 2.15. The van der Waals surface area contributed by atoms with Crippen LogP contribution in [0.25, 0.3) is 0 Å². The Hall–Kier alpha value is -0.650. The van der Waals surface area contributed by atoms with Crippen molar-refractivity contribution in [2.24, 2.45) is 5.92 Å². The second-order valence-corrected chi connectivity index (χ2v) is 5.55. The summed E-state index contributed by atoms with van der Waals surface area (Å²) >= 11 is 0. The van der Waals surface area contributed by atoms with Crippen LogP contribution in [0.1, 0.15) is 20.3 Å². The first-order chi connectivity index (χ1) is 8.66. The van der Waals surface area contributed by atoms with E-state index in [9.17, 15) is 4.79 Å². The number of carbonyl (C=O) groups is 1. The second-order valence-electron chi connectivity index (χ2n) is 5.55. The van der Waals surface area contributed by atoms with Gasteiger partial charge in [-0.3, -0.25) is 4.79 Å². The van der Waals surface area contributed by atoms with Crippen LogP contribution in [-0.2, 0) is 9.53 Å². The predicted molar refractivity (Wildman–Crippen MR) is 70.4 cm³/mol. The van der Waals surface area contributed by atoms with Gasteiger partial charge in [-0.15, -0.1) is 0 Å². The van der Waals surface area contributed by atoms with Gasteiger partial charge in [0.15, 0.2) is 0 Å². The number of nitrogens with one attached hydrogen (secondary N) is 2. The smallest absolute Gasteiger partial charge is 0.227 e. The molecule has 2 saturated heterocycles. The van der Waals surface area contributed by atoms with Gasteiger partial charge < -0.3 is 20.3 Å². The van der Waals surface area contributed by atoms with Crippen LogP contribution in [0.3, 0.4) is 0 Å². The van der Waals surface area contributed by atoms with E-state index in [0.717, 1.165) is 32.6 Å². The minimum atomic E-state index is 0.119. The average molecular weight is 255 g/mol. The second kappa shape index (κ2) is 6.50. The molecule has 0 aromatic carbocycles. The van der Waals surface area contributed by atoms with Crippen molar-refractivity contribution in [1.29, 1.82) is 0 Å². The van der Waals surface area contributed by atoms with Crippen molar-refractivity contribution in [3.63, 3.8) is 0 Å². The monoisotopic (exact) mass is 255 g/mol. The lowest BCUT2D eigenvalue weighted by Crippen LogP contribution is -2.54. The zero-order valence-corrected chi connectivity index (χ0v) is 11.4. The van der Waals surface area contributed by atoms with E-state index in [-0.39, 0.29) is 5.92 Å². The van der Waals surface area contributed by atoms with E-state index in [0.29, 0.717) is 31.2 Å². The van der Waals surface area contributed by atoms with Crippen molar-refractivity contribution in [2.45, 2.75) is 32.4 Å². The molecular formula is C13H25N3O2. The Labute approximate surface area is 109 Å². The van der Waals surface area contributed by atoms with Gasteiger partial charge in [0.05, 0.1) is 19.1 Å². The molecule has 0 aliphatic carbocycles. The summed E-state index contributed by atoms with van der Waals surface area (Å²) in [7, 11) is 0. The first-order valence-corrected chi connectivity index (χ1v) is 7.00. The molecule has 2 aliphatic rings. The van der Waals surface area contributed by atoms with Crippen molar-refractivity contribution in [3.8, 4) is 0 Å². The van der Waals surface area contributed by atoms with Gasteiger partial charge in [0.25, 0.3) is 0 Å². The van der Waals surface area contributed by atoms with Crippen LogP contribution in [0.5, 0.6) is 0 Å². The van der Waals surface area contributed by atoms with Gasteiger partial charge in [-0.2, -0.15) is 0 Å². The number of carbonyl (C=O) groups excluding carboxylic acids is 1. The van der Waals surface area contributed by atoms with E-state index in [2.05, 4.69) is 24.5 Å². The highest BCUT2D eigenvalue weighted by molar-refractivity contribution is 5.79. The first kappa shape index (κ1) is 13.8. The molecule has 5 heteroatoms. The predicted octanol–water partition coefficient (Wildman–Crippen LogP) is -0.179. The number of hydrogen-bond donors (Lipinski definition) is 2. The topological polar surface area (TPSA) is 53.6 Å². The number of piperidine rings is 1. The largest absolute Gasteiger partial charge is 0.378 e. The molecule has 18 heavy (non-hydrogen) atoms. The van der Waals surface area contributed by atoms with Gasteiger partial charge >= 0.3 is 0 Å². The summed E-state index contributed by atoms with van der Waals surface area (Å²) in [5, 5.41) is 6.88. The van der Waals surface area contributed by atoms with Gasteiger partial charge in [0, 0.05) is 38.3 Å². The van der Waals surface area contributed by atoms with Crippen molar-refractivity contribution >= 4 is 5.91 Å². The highest BCUT2D eigenvalue weighted by Gasteiger charge is 2.30. The molecule has 2 heterocycles. The van der Waals surface area contributed by atoms with Gasteiger partial charge in [-0.05, 0) is 6.42 Å². The number of ether oxygens (including phenoxy) is 1. The fourth-order valence-electron chi connectivity index (χ4n) is 2.77. The fraction of sp³-hybridized carbons (Fsp3) is 0.923. The van der Waals surface area contributed by atoms with E-state index in [1.807, 2.05) is 4.90 Å². The fourth-order valence-corrected chi connectivity index (χ4v) is 2.77. The van der Waals surface area contributed by atoms with Crippen LogP contribution in [0.4, 0.5) is 0 Å². The summed E-state index contributed by atoms with van der Waals surface area (Å²) in [4.78, 5) is 14.3. The lowest BCUT2D eigenvalue weighted by molar-refractivity contribution is -0.140. The molecule has 0 bridgehead atoms. The van der Waals surface area contributed by atoms with Gasteiger partial charge in [-0.1, -0.05) is 13.8 Å². The molecule has 5 nitrogen and oxygen atoms in total. The third-order valence-corrected chi connectivity index (χ3v) is 3.59. The minimum Gasteiger partial charge on any atom is -0.378 e. The Bertz CT molecular complexity index is 277. The molecule has 2 rings (SSSR count). The standard InChI is InChI=1S/C13H25N3O2/c1-10(2)15-12-7-11(8-14-9-12)13(17)16-3-5-18-6-4-16/h10-12,14-15H,3-9H2,1-2H3/t11-,12+/m1/s1. The Kier molecular flexibility index (Phi) is 4.97. The molecule has 0 radical (unpaired) electrons. The maximum absolute atomic E-state index is 12.4. The van der Waals surface area contributed by atoms with Crippen LogP contribution in [-0.4, -0.2) is 62.3 Å². The number of hydrogen-bond acceptors (Lipinski definition) is 4. The summed E-state index contributed by atoms with van der Waals surface area (Å²) in [6.07, 6.45) is 0.946. The highest BCUT2D eigenvalue weighted by atomic mass is 16.5. The van der Waals surface area contributed by atoms with Crippen molar-refractivity contribution in [2.75, 3.05) is 39.4 Å². The number of morpholine rings is 1. The third kappa shape index (κ3) is 3.67. The Balaban J connectivity index is 1.85. The van der Waals surface area contributed by atoms with E-state index in [4.69, 9.17) is 4.74 Å². The number of rotatable bonds is 3. The molecule has 2 fully saturated rings. The Morgan fingerprint density at radius 1 is 1.33 bits per heavy atom. The molecule has 0 aromatic heterocycles. The summed E-state index contributed by atoms with van der Waals surface area (Å²) < 4.78 is 5.29. The molecule has 0 saturated carbocycles. The number of amides is 1. The molecule has 2 aliphatic heterocycles. The van der Waals surface area contributed by atoms with E-state index in [1.165, 1.54) is 0 Å². The minimum absolute atomic E-state index is 0.119. The lowest BCUT2D eigenvalue weighted by atomic mass is 9.94. The molecule has 1 amide bonds. The maximum Gasteiger partial charge on any atom is 0.227 e. The Morgan fingerprint density at radius 2 is 2.06 bits per heavy atom. The van der Waals surface area contributed by atoms with E-state index in [1.54, 1.807) is 0 Å². The molecule has 0 aromatic rings. The summed E-state index contributed by atoms with van der Waals surface area (Å²) in [6, 6.07) is 0.878. The van der Waals surface area contributed by atoms with Crippen molar-refractivity contribution in [1.82, 2.24) is 15.5 Å². The van der Waals surface area contributed by atoms with E-state index < -0.39 is 0 Å². The number of nitrogens with zero attached hydrogens (tertiary/aromatic N) is 1. The SMILES string of the molecule is CC(C)N[C@@H]1CNC[C@H](C(=O)N2CCOCC2)C1. The normalized spacial score (nSPS) is 29.6. The summed E-state index contributed by atoms with van der Waals surface area (Å²) in [6.45, 7) is 8.92. The van der Waals surface area contributed by atoms with Crippen molar-refractivity contribution < 1.29 is 9.53 Å². The van der Waals surface area contributed by atoms with Crippen LogP contribution < -0.4 is 10.6 Å². The molecule has 0 spiro atoms. The zero-order valence-electron chi connectivity index (χ0n) is 11.4. The van der Waals surface area contributed by atoms with Crippen LogP contribution in [0.15, 0.2) is 0 Å². The quantitative estimate of drug-likeness (QED) is 0.735. The first-order valence-electron chi connectivity index (χ1n) is 7.00. The van der Waals surface area contributed by atoms with Crippen molar-refractivity contribution in [3.05, 3.63) is 0 Å². The lowest BCUT2D eigenvalue weighted by Gasteiger charge is -2.35. The molecule has 0 unspecified atom stereocenters. The summed E-state index contributed by atoms with van der Waals surface area (Å²) in [5.41, 5.74) is 0. The molecule has 2 N–H and O–H groups in total. The Morgan fingerprint density at radius 3 is 2.72 bits per heavy atom. The third-order valence-electron chi connectivity index (χ3n) is 3.59. The molecule has 104 valence electrons. The van der Waals surface area contributed by atoms with Gasteiger partial charge in [-0.25, -0.2) is 0 Å². The van der Waals surface area contributed by atoms with E-state index >= 15 is 0 Å². The van der Waals surface area contributed by atoms with Gasteiger partial charge in [0.2, 0.25) is 5.91 Å². The van der Waals surface area contributed by atoms with Crippen LogP contribution in [0.2, 0.25) is 0 Å². The molecular weight excluding hydrogens is 230 g/mol. The van der Waals surface area contributed by atoms with Crippen LogP contribution in [0, 0.1) is 5.92 Å². The van der Waals surface area contributed by atoms with Gasteiger partial charge in [0.1, 0.15) is 0 Å². The maximum atomic E-state index is 12.4. The average Bonchev–Trinajstić information content (AvgIpc) is 2.38.